The molecule has 0 aliphatic heterocycles. The van der Waals surface area contributed by atoms with Crippen LogP contribution in [0.1, 0.15) is 21.3 Å². The van der Waals surface area contributed by atoms with Gasteiger partial charge in [0.25, 0.3) is 0 Å². The Kier molecular flexibility index (Phi) is 6.92. The average Bonchev–Trinajstić information content (AvgIpc) is 3.12. The van der Waals surface area contributed by atoms with E-state index in [1.165, 1.54) is 5.56 Å². The maximum Gasteiger partial charge on any atom is 0.106 e. The van der Waals surface area contributed by atoms with Crippen LogP contribution < -0.4 is 0 Å². The number of hydrogen-bond acceptors (Lipinski definition) is 2. The molecular formula is C18H14Br2Cl2N2S. The number of imidazole rings is 1. The molecule has 0 N–H and O–H groups in total. The van der Waals surface area contributed by atoms with Crippen LogP contribution in [0.15, 0.2) is 65.7 Å². The Bertz CT molecular complexity index is 826. The second-order valence-corrected chi connectivity index (χ2v) is 9.23. The molecule has 0 radical (unpaired) electrons. The lowest BCUT2D eigenvalue weighted by Gasteiger charge is -2.24. The molecule has 2 nitrogen and oxygen atoms in total. The van der Waals surface area contributed by atoms with Gasteiger partial charge < -0.3 is 4.57 Å². The van der Waals surface area contributed by atoms with Gasteiger partial charge in [0, 0.05) is 32.7 Å². The van der Waals surface area contributed by atoms with Gasteiger partial charge >= 0.3 is 0 Å². The van der Waals surface area contributed by atoms with Gasteiger partial charge in [0.05, 0.1) is 11.6 Å². The highest BCUT2D eigenvalue weighted by atomic mass is 79.9. The number of benzene rings is 2. The maximum atomic E-state index is 6.33. The molecule has 0 saturated heterocycles. The summed E-state index contributed by atoms with van der Waals surface area (Å²) in [5.41, 5.74) is 2.30. The van der Waals surface area contributed by atoms with E-state index in [0.717, 1.165) is 15.8 Å². The fraction of sp³-hybridized carbons (Fsp3) is 0.167. The molecule has 7 heteroatoms. The minimum absolute atomic E-state index is 0.0762. The van der Waals surface area contributed by atoms with Gasteiger partial charge in [-0.1, -0.05) is 73.3 Å². The van der Waals surface area contributed by atoms with Crippen LogP contribution in [0, 0.1) is 0 Å². The van der Waals surface area contributed by atoms with Crippen molar-refractivity contribution in [1.29, 1.82) is 0 Å². The molecule has 0 bridgehead atoms. The minimum atomic E-state index is 0.0762. The summed E-state index contributed by atoms with van der Waals surface area (Å²) in [5.74, 6) is 0.785. The Balaban J connectivity index is 1.84. The van der Waals surface area contributed by atoms with E-state index < -0.39 is 0 Å². The zero-order chi connectivity index (χ0) is 17.8. The first-order chi connectivity index (χ1) is 12.0. The number of halogens is 4. The predicted octanol–water partition coefficient (Wildman–Crippen LogP) is 7.52. The molecule has 0 aliphatic rings. The molecule has 3 rings (SSSR count). The third-order valence-corrected chi connectivity index (χ3v) is 7.53. The van der Waals surface area contributed by atoms with Gasteiger partial charge in [-0.2, -0.15) is 0 Å². The van der Waals surface area contributed by atoms with E-state index in [0.29, 0.717) is 10.0 Å². The highest BCUT2D eigenvalue weighted by Crippen LogP contribution is 2.44. The van der Waals surface area contributed by atoms with Crippen molar-refractivity contribution in [2.45, 2.75) is 16.0 Å². The highest BCUT2D eigenvalue weighted by molar-refractivity contribution is 9.10. The summed E-state index contributed by atoms with van der Waals surface area (Å²) in [5, 5.41) is 1.54. The summed E-state index contributed by atoms with van der Waals surface area (Å²) in [4.78, 5) is 4.23. The number of alkyl halides is 1. The Morgan fingerprint density at radius 3 is 2.52 bits per heavy atom. The van der Waals surface area contributed by atoms with E-state index in [2.05, 4.69) is 65.7 Å². The van der Waals surface area contributed by atoms with Gasteiger partial charge in [-0.25, -0.2) is 4.98 Å². The van der Waals surface area contributed by atoms with Crippen molar-refractivity contribution in [3.63, 3.8) is 0 Å². The van der Waals surface area contributed by atoms with Crippen molar-refractivity contribution in [2.24, 2.45) is 0 Å². The molecule has 1 heterocycles. The molecule has 1 aromatic heterocycles. The van der Waals surface area contributed by atoms with Crippen molar-refractivity contribution in [3.8, 4) is 0 Å². The zero-order valence-electron chi connectivity index (χ0n) is 12.9. The van der Waals surface area contributed by atoms with Crippen LogP contribution in [-0.2, 0) is 5.75 Å². The number of hydrogen-bond donors (Lipinski definition) is 0. The summed E-state index contributed by atoms with van der Waals surface area (Å²) < 4.78 is 3.12. The molecule has 2 unspecified atom stereocenters. The SMILES string of the molecule is Clc1ccc(CSC(c2ccc(Br)cc2)C(Br)n2ccnc2)c(Cl)c1. The Labute approximate surface area is 178 Å². The first-order valence-corrected chi connectivity index (χ1v) is 11.0. The van der Waals surface area contributed by atoms with Gasteiger partial charge in [0.1, 0.15) is 4.95 Å². The van der Waals surface area contributed by atoms with Crippen molar-refractivity contribution in [2.75, 3.05) is 0 Å². The van der Waals surface area contributed by atoms with Crippen molar-refractivity contribution < 1.29 is 0 Å². The van der Waals surface area contributed by atoms with E-state index in [1.54, 1.807) is 12.3 Å². The molecular weight excluding hydrogens is 507 g/mol. The lowest BCUT2D eigenvalue weighted by molar-refractivity contribution is 0.674. The lowest BCUT2D eigenvalue weighted by Crippen LogP contribution is -2.09. The predicted molar refractivity (Wildman–Crippen MR) is 115 cm³/mol. The topological polar surface area (TPSA) is 17.8 Å². The zero-order valence-corrected chi connectivity index (χ0v) is 18.5. The summed E-state index contributed by atoms with van der Waals surface area (Å²) in [6, 6.07) is 14.0. The Hall–Kier alpha value is -0.460. The molecule has 25 heavy (non-hydrogen) atoms. The maximum absolute atomic E-state index is 6.33. The third-order valence-electron chi connectivity index (χ3n) is 3.69. The summed E-state index contributed by atoms with van der Waals surface area (Å²) in [6.45, 7) is 0. The summed E-state index contributed by atoms with van der Waals surface area (Å²) in [6.07, 6.45) is 5.57. The van der Waals surface area contributed by atoms with Gasteiger partial charge in [-0.3, -0.25) is 0 Å². The van der Waals surface area contributed by atoms with Gasteiger partial charge in [-0.15, -0.1) is 11.8 Å². The Morgan fingerprint density at radius 1 is 1.12 bits per heavy atom. The number of rotatable bonds is 6. The fourth-order valence-electron chi connectivity index (χ4n) is 2.38. The van der Waals surface area contributed by atoms with E-state index in [-0.39, 0.29) is 10.2 Å². The molecule has 0 spiro atoms. The van der Waals surface area contributed by atoms with Crippen LogP contribution in [0.2, 0.25) is 10.0 Å². The molecule has 130 valence electrons. The summed E-state index contributed by atoms with van der Waals surface area (Å²) >= 11 is 21.5. The normalized spacial score (nSPS) is 13.6. The fourth-order valence-corrected chi connectivity index (χ4v) is 5.46. The highest BCUT2D eigenvalue weighted by Gasteiger charge is 2.23. The molecule has 3 aromatic rings. The van der Waals surface area contributed by atoms with Gasteiger partial charge in [0.15, 0.2) is 0 Å². The third kappa shape index (κ3) is 5.04. The van der Waals surface area contributed by atoms with E-state index in [1.807, 2.05) is 36.4 Å². The molecule has 2 aromatic carbocycles. The quantitative estimate of drug-likeness (QED) is 0.313. The van der Waals surface area contributed by atoms with Crippen LogP contribution in [-0.4, -0.2) is 9.55 Å². The van der Waals surface area contributed by atoms with Crippen LogP contribution in [0.4, 0.5) is 0 Å². The molecule has 0 amide bonds. The standard InChI is InChI=1S/C18H14Br2Cl2N2S/c19-14-4-1-12(2-5-14)17(18(20)24-8-7-23-11-24)25-10-13-3-6-15(21)9-16(13)22/h1-9,11,17-18H,10H2. The van der Waals surface area contributed by atoms with Crippen LogP contribution in [0.5, 0.6) is 0 Å². The van der Waals surface area contributed by atoms with Crippen molar-refractivity contribution in [3.05, 3.63) is 86.8 Å². The largest absolute Gasteiger partial charge is 0.323 e. The van der Waals surface area contributed by atoms with Gasteiger partial charge in [-0.05, 0) is 35.4 Å². The minimum Gasteiger partial charge on any atom is -0.323 e. The smallest absolute Gasteiger partial charge is 0.106 e. The molecule has 2 atom stereocenters. The molecule has 0 fully saturated rings. The first-order valence-electron chi connectivity index (χ1n) is 7.47. The monoisotopic (exact) mass is 518 g/mol. The van der Waals surface area contributed by atoms with E-state index in [9.17, 15) is 0 Å². The molecule has 0 aliphatic carbocycles. The number of nitrogens with zero attached hydrogens (tertiary/aromatic N) is 2. The number of aromatic nitrogens is 2. The first kappa shape index (κ1) is 19.3. The lowest BCUT2D eigenvalue weighted by atomic mass is 10.1. The van der Waals surface area contributed by atoms with Crippen LogP contribution in [0.25, 0.3) is 0 Å². The Morgan fingerprint density at radius 2 is 1.88 bits per heavy atom. The van der Waals surface area contributed by atoms with Gasteiger partial charge in [0.2, 0.25) is 0 Å². The molecule has 0 saturated carbocycles. The second kappa shape index (κ2) is 8.96. The number of thioether (sulfide) groups is 1. The van der Waals surface area contributed by atoms with Crippen LogP contribution >= 0.6 is 66.8 Å². The average molecular weight is 521 g/mol. The van der Waals surface area contributed by atoms with E-state index >= 15 is 0 Å². The van der Waals surface area contributed by atoms with E-state index in [4.69, 9.17) is 23.2 Å². The van der Waals surface area contributed by atoms with Crippen molar-refractivity contribution >= 4 is 66.8 Å². The van der Waals surface area contributed by atoms with Crippen molar-refractivity contribution in [1.82, 2.24) is 9.55 Å². The van der Waals surface area contributed by atoms with Crippen LogP contribution in [0.3, 0.4) is 0 Å². The summed E-state index contributed by atoms with van der Waals surface area (Å²) in [7, 11) is 0. The second-order valence-electron chi connectivity index (χ2n) is 5.40.